The van der Waals surface area contributed by atoms with Crippen LogP contribution in [0.1, 0.15) is 25.5 Å². The highest BCUT2D eigenvalue weighted by atomic mass is 32.2. The quantitative estimate of drug-likeness (QED) is 0.498. The smallest absolute Gasteiger partial charge is 0.251 e. The van der Waals surface area contributed by atoms with Gasteiger partial charge in [0.2, 0.25) is 5.91 Å². The lowest BCUT2D eigenvalue weighted by Crippen LogP contribution is -2.16. The zero-order valence-electron chi connectivity index (χ0n) is 14.4. The molecule has 3 rings (SSSR count). The zero-order valence-corrected chi connectivity index (χ0v) is 16.0. The van der Waals surface area contributed by atoms with Crippen molar-refractivity contribution in [1.82, 2.24) is 15.0 Å². The molecule has 0 atom stereocenters. The monoisotopic (exact) mass is 386 g/mol. The minimum atomic E-state index is -0.209. The molecule has 2 heterocycles. The van der Waals surface area contributed by atoms with Crippen molar-refractivity contribution in [3.8, 4) is 11.3 Å². The van der Waals surface area contributed by atoms with Gasteiger partial charge in [0.25, 0.3) is 5.56 Å². The number of anilines is 1. The lowest BCUT2D eigenvalue weighted by Gasteiger charge is -2.06. The Bertz CT molecular complexity index is 951. The van der Waals surface area contributed by atoms with E-state index in [9.17, 15) is 9.59 Å². The summed E-state index contributed by atoms with van der Waals surface area (Å²) in [5, 5.41) is 5.68. The molecule has 6 nitrogen and oxygen atoms in total. The summed E-state index contributed by atoms with van der Waals surface area (Å²) in [6.07, 6.45) is 0. The van der Waals surface area contributed by atoms with Gasteiger partial charge in [-0.3, -0.25) is 9.59 Å². The van der Waals surface area contributed by atoms with Crippen molar-refractivity contribution in [2.45, 2.75) is 24.9 Å². The normalized spacial score (nSPS) is 10.9. The van der Waals surface area contributed by atoms with Crippen LogP contribution >= 0.6 is 23.1 Å². The van der Waals surface area contributed by atoms with E-state index in [0.29, 0.717) is 16.0 Å². The summed E-state index contributed by atoms with van der Waals surface area (Å²) in [6.45, 7) is 3.94. The van der Waals surface area contributed by atoms with Crippen molar-refractivity contribution in [2.75, 3.05) is 11.1 Å². The van der Waals surface area contributed by atoms with E-state index in [1.807, 2.05) is 49.6 Å². The number of carbonyl (C=O) groups is 1. The maximum absolute atomic E-state index is 12.2. The number of rotatable bonds is 6. The Morgan fingerprint density at radius 3 is 2.77 bits per heavy atom. The first-order chi connectivity index (χ1) is 12.5. The SMILES string of the molecule is CC(C)c1cc(=O)[nH]c(SCC(=O)Nc2nc(-c3ccccc3)cs2)n1. The third-order valence-electron chi connectivity index (χ3n) is 3.49. The van der Waals surface area contributed by atoms with Crippen LogP contribution in [0.25, 0.3) is 11.3 Å². The Hall–Kier alpha value is -2.45. The second-order valence-corrected chi connectivity index (χ2v) is 7.69. The lowest BCUT2D eigenvalue weighted by atomic mass is 10.1. The zero-order chi connectivity index (χ0) is 18.5. The van der Waals surface area contributed by atoms with Crippen molar-refractivity contribution < 1.29 is 4.79 Å². The number of hydrogen-bond acceptors (Lipinski definition) is 6. The molecule has 0 aliphatic rings. The molecule has 134 valence electrons. The number of amides is 1. The third kappa shape index (κ3) is 4.80. The first kappa shape index (κ1) is 18.3. The summed E-state index contributed by atoms with van der Waals surface area (Å²) < 4.78 is 0. The molecule has 0 radical (unpaired) electrons. The van der Waals surface area contributed by atoms with Gasteiger partial charge in [-0.15, -0.1) is 11.3 Å². The fourth-order valence-corrected chi connectivity index (χ4v) is 3.60. The largest absolute Gasteiger partial charge is 0.301 e. The van der Waals surface area contributed by atoms with Crippen LogP contribution in [0, 0.1) is 0 Å². The predicted octanol–water partition coefficient (Wildman–Crippen LogP) is 3.75. The molecule has 0 saturated carbocycles. The number of aromatic nitrogens is 3. The van der Waals surface area contributed by atoms with E-state index in [1.165, 1.54) is 29.2 Å². The van der Waals surface area contributed by atoms with E-state index in [2.05, 4.69) is 20.3 Å². The van der Waals surface area contributed by atoms with Crippen molar-refractivity contribution in [3.63, 3.8) is 0 Å². The van der Waals surface area contributed by atoms with E-state index >= 15 is 0 Å². The molecule has 2 aromatic heterocycles. The molecule has 0 unspecified atom stereocenters. The van der Waals surface area contributed by atoms with Gasteiger partial charge in [-0.05, 0) is 5.92 Å². The van der Waals surface area contributed by atoms with Gasteiger partial charge in [-0.25, -0.2) is 9.97 Å². The van der Waals surface area contributed by atoms with Crippen LogP contribution in [0.2, 0.25) is 0 Å². The van der Waals surface area contributed by atoms with Crippen molar-refractivity contribution >= 4 is 34.1 Å². The lowest BCUT2D eigenvalue weighted by molar-refractivity contribution is -0.113. The molecule has 0 saturated heterocycles. The molecule has 0 aliphatic heterocycles. The topological polar surface area (TPSA) is 87.7 Å². The Balaban J connectivity index is 1.60. The van der Waals surface area contributed by atoms with Crippen molar-refractivity contribution in [2.24, 2.45) is 0 Å². The Kier molecular flexibility index (Phi) is 5.85. The number of thiazole rings is 1. The molecule has 2 N–H and O–H groups in total. The molecule has 3 aromatic rings. The average Bonchev–Trinajstić information content (AvgIpc) is 3.09. The summed E-state index contributed by atoms with van der Waals surface area (Å²) in [6, 6.07) is 11.3. The maximum Gasteiger partial charge on any atom is 0.251 e. The van der Waals surface area contributed by atoms with E-state index in [0.717, 1.165) is 11.3 Å². The molecule has 0 fully saturated rings. The highest BCUT2D eigenvalue weighted by Crippen LogP contribution is 2.25. The molecule has 1 amide bonds. The Labute approximate surface area is 159 Å². The molecule has 8 heteroatoms. The van der Waals surface area contributed by atoms with Crippen LogP contribution in [-0.4, -0.2) is 26.6 Å². The fourth-order valence-electron chi connectivity index (χ4n) is 2.18. The van der Waals surface area contributed by atoms with E-state index in [-0.39, 0.29) is 23.1 Å². The number of nitrogens with zero attached hydrogens (tertiary/aromatic N) is 2. The van der Waals surface area contributed by atoms with Crippen LogP contribution in [0.3, 0.4) is 0 Å². The molecular weight excluding hydrogens is 368 g/mol. The van der Waals surface area contributed by atoms with Crippen LogP contribution in [-0.2, 0) is 4.79 Å². The number of aromatic amines is 1. The van der Waals surface area contributed by atoms with Crippen LogP contribution in [0.15, 0.2) is 51.7 Å². The van der Waals surface area contributed by atoms with E-state index in [4.69, 9.17) is 0 Å². The summed E-state index contributed by atoms with van der Waals surface area (Å²) >= 11 is 2.57. The van der Waals surface area contributed by atoms with Crippen molar-refractivity contribution in [3.05, 3.63) is 57.8 Å². The fraction of sp³-hybridized carbons (Fsp3) is 0.222. The minimum Gasteiger partial charge on any atom is -0.301 e. The summed E-state index contributed by atoms with van der Waals surface area (Å²) in [7, 11) is 0. The summed E-state index contributed by atoms with van der Waals surface area (Å²) in [5.41, 5.74) is 2.34. The number of H-pyrrole nitrogens is 1. The van der Waals surface area contributed by atoms with Crippen LogP contribution in [0.4, 0.5) is 5.13 Å². The first-order valence-electron chi connectivity index (χ1n) is 8.06. The molecule has 0 bridgehead atoms. The second-order valence-electron chi connectivity index (χ2n) is 5.87. The van der Waals surface area contributed by atoms with Crippen molar-refractivity contribution in [1.29, 1.82) is 0 Å². The molecule has 0 spiro atoms. The highest BCUT2D eigenvalue weighted by molar-refractivity contribution is 7.99. The number of thioether (sulfide) groups is 1. The van der Waals surface area contributed by atoms with E-state index in [1.54, 1.807) is 0 Å². The van der Waals surface area contributed by atoms with Crippen LogP contribution in [0.5, 0.6) is 0 Å². The van der Waals surface area contributed by atoms with Gasteiger partial charge in [0.1, 0.15) is 0 Å². The van der Waals surface area contributed by atoms with Gasteiger partial charge in [0.15, 0.2) is 10.3 Å². The number of carbonyl (C=O) groups excluding carboxylic acids is 1. The molecule has 0 aliphatic carbocycles. The molecule has 1 aromatic carbocycles. The van der Waals surface area contributed by atoms with Crippen LogP contribution < -0.4 is 10.9 Å². The minimum absolute atomic E-state index is 0.144. The number of benzene rings is 1. The molecule has 26 heavy (non-hydrogen) atoms. The van der Waals surface area contributed by atoms with Gasteiger partial charge >= 0.3 is 0 Å². The highest BCUT2D eigenvalue weighted by Gasteiger charge is 2.11. The maximum atomic E-state index is 12.2. The third-order valence-corrected chi connectivity index (χ3v) is 5.12. The van der Waals surface area contributed by atoms with Gasteiger partial charge in [-0.2, -0.15) is 0 Å². The van der Waals surface area contributed by atoms with Gasteiger partial charge in [0, 0.05) is 17.0 Å². The summed E-state index contributed by atoms with van der Waals surface area (Å²) in [4.78, 5) is 35.3. The van der Waals surface area contributed by atoms with Gasteiger partial charge in [-0.1, -0.05) is 55.9 Å². The second kappa shape index (κ2) is 8.29. The standard InChI is InChI=1S/C18H18N4O2S2/c1-11(2)13-8-15(23)21-17(19-13)26-10-16(24)22-18-20-14(9-25-18)12-6-4-3-5-7-12/h3-9,11H,10H2,1-2H3,(H,19,21,23)(H,20,22,24). The van der Waals surface area contributed by atoms with Gasteiger partial charge < -0.3 is 10.3 Å². The van der Waals surface area contributed by atoms with E-state index < -0.39 is 0 Å². The first-order valence-corrected chi connectivity index (χ1v) is 9.92. The average molecular weight is 387 g/mol. The number of hydrogen-bond donors (Lipinski definition) is 2. The Morgan fingerprint density at radius 2 is 2.04 bits per heavy atom. The predicted molar refractivity (Wildman–Crippen MR) is 106 cm³/mol. The molecular formula is C18H18N4O2S2. The van der Waals surface area contributed by atoms with Gasteiger partial charge in [0.05, 0.1) is 17.1 Å². The number of nitrogens with one attached hydrogen (secondary N) is 2. The summed E-state index contributed by atoms with van der Waals surface area (Å²) in [5.74, 6) is 0.101. The Morgan fingerprint density at radius 1 is 1.27 bits per heavy atom.